The van der Waals surface area contributed by atoms with E-state index < -0.39 is 6.10 Å². The zero-order chi connectivity index (χ0) is 9.84. The van der Waals surface area contributed by atoms with Gasteiger partial charge in [0.05, 0.1) is 6.10 Å². The molecule has 0 bridgehead atoms. The molecule has 0 fully saturated rings. The summed E-state index contributed by atoms with van der Waals surface area (Å²) in [6.45, 7) is 5.62. The summed E-state index contributed by atoms with van der Waals surface area (Å²) in [5.41, 5.74) is 1.11. The van der Waals surface area contributed by atoms with Crippen molar-refractivity contribution < 1.29 is 9.84 Å². The van der Waals surface area contributed by atoms with Crippen LogP contribution in [0.25, 0.3) is 0 Å². The summed E-state index contributed by atoms with van der Waals surface area (Å²) in [7, 11) is 0. The Balaban J connectivity index is 2.66. The third-order valence-electron chi connectivity index (χ3n) is 1.46. The van der Waals surface area contributed by atoms with E-state index in [2.05, 4.69) is 22.9 Å². The second-order valence-electron chi connectivity index (χ2n) is 2.93. The smallest absolute Gasteiger partial charge is 0.120 e. The highest BCUT2D eigenvalue weighted by Gasteiger charge is 2.00. The molecule has 1 atom stereocenters. The molecule has 0 heterocycles. The van der Waals surface area contributed by atoms with E-state index in [1.54, 1.807) is 0 Å². The third kappa shape index (κ3) is 3.79. The van der Waals surface area contributed by atoms with E-state index in [0.717, 1.165) is 15.8 Å². The topological polar surface area (TPSA) is 29.5 Å². The standard InChI is InChI=1S/C10H12BrO2/c1-7-3-9(11)5-10(4-7)13-6-8(2)12/h3-5,8,12H,2,6H2,1H3. The molecule has 1 aromatic carbocycles. The molecule has 0 aliphatic carbocycles. The van der Waals surface area contributed by atoms with Gasteiger partial charge in [0.1, 0.15) is 12.4 Å². The fourth-order valence-corrected chi connectivity index (χ4v) is 1.57. The minimum absolute atomic E-state index is 0.218. The molecule has 0 aromatic heterocycles. The zero-order valence-electron chi connectivity index (χ0n) is 7.46. The second-order valence-corrected chi connectivity index (χ2v) is 3.84. The number of rotatable bonds is 3. The molecular weight excluding hydrogens is 232 g/mol. The van der Waals surface area contributed by atoms with Gasteiger partial charge in [-0.2, -0.15) is 0 Å². The van der Waals surface area contributed by atoms with Gasteiger partial charge in [0.15, 0.2) is 0 Å². The van der Waals surface area contributed by atoms with Gasteiger partial charge in [0, 0.05) is 4.47 Å². The highest BCUT2D eigenvalue weighted by atomic mass is 79.9. The van der Waals surface area contributed by atoms with Gasteiger partial charge in [-0.25, -0.2) is 0 Å². The van der Waals surface area contributed by atoms with Crippen LogP contribution in [0.1, 0.15) is 5.56 Å². The summed E-state index contributed by atoms with van der Waals surface area (Å²) < 4.78 is 6.26. The van der Waals surface area contributed by atoms with Crippen LogP contribution in [0.2, 0.25) is 0 Å². The summed E-state index contributed by atoms with van der Waals surface area (Å²) in [5, 5.41) is 8.90. The Hall–Kier alpha value is -0.540. The predicted octanol–water partition coefficient (Wildman–Crippen LogP) is 2.33. The van der Waals surface area contributed by atoms with E-state index in [-0.39, 0.29) is 6.61 Å². The molecule has 0 amide bonds. The average molecular weight is 244 g/mol. The maximum absolute atomic E-state index is 8.90. The van der Waals surface area contributed by atoms with Crippen LogP contribution in [0.15, 0.2) is 22.7 Å². The van der Waals surface area contributed by atoms with E-state index in [1.807, 2.05) is 25.1 Å². The molecule has 1 radical (unpaired) electrons. The Labute approximate surface area is 86.7 Å². The Morgan fingerprint density at radius 3 is 2.77 bits per heavy atom. The van der Waals surface area contributed by atoms with E-state index in [4.69, 9.17) is 9.84 Å². The molecule has 0 saturated heterocycles. The second kappa shape index (κ2) is 4.63. The van der Waals surface area contributed by atoms with Gasteiger partial charge in [-0.15, -0.1) is 0 Å². The molecular formula is C10H12BrO2. The van der Waals surface area contributed by atoms with E-state index in [0.29, 0.717) is 0 Å². The summed E-state index contributed by atoms with van der Waals surface area (Å²) >= 11 is 3.36. The van der Waals surface area contributed by atoms with Gasteiger partial charge >= 0.3 is 0 Å². The number of ether oxygens (including phenoxy) is 1. The zero-order valence-corrected chi connectivity index (χ0v) is 9.04. The van der Waals surface area contributed by atoms with E-state index >= 15 is 0 Å². The maximum atomic E-state index is 8.90. The quantitative estimate of drug-likeness (QED) is 0.884. The molecule has 1 rings (SSSR count). The maximum Gasteiger partial charge on any atom is 0.120 e. The number of aliphatic hydroxyl groups excluding tert-OH is 1. The number of benzene rings is 1. The Morgan fingerprint density at radius 1 is 1.54 bits per heavy atom. The Bertz CT molecular complexity index is 264. The van der Waals surface area contributed by atoms with Crippen LogP contribution in [0.3, 0.4) is 0 Å². The van der Waals surface area contributed by atoms with Crippen molar-refractivity contribution in [1.82, 2.24) is 0 Å². The van der Waals surface area contributed by atoms with Crippen molar-refractivity contribution in [2.24, 2.45) is 0 Å². The first kappa shape index (κ1) is 10.5. The normalized spacial score (nSPS) is 12.6. The van der Waals surface area contributed by atoms with Gasteiger partial charge in [0.25, 0.3) is 0 Å². The van der Waals surface area contributed by atoms with Crippen molar-refractivity contribution in [3.63, 3.8) is 0 Å². The van der Waals surface area contributed by atoms with Crippen molar-refractivity contribution in [3.05, 3.63) is 35.2 Å². The number of hydrogen-bond acceptors (Lipinski definition) is 2. The van der Waals surface area contributed by atoms with E-state index in [1.165, 1.54) is 0 Å². The van der Waals surface area contributed by atoms with Gasteiger partial charge in [-0.3, -0.25) is 0 Å². The predicted molar refractivity (Wildman–Crippen MR) is 55.7 cm³/mol. The van der Waals surface area contributed by atoms with Gasteiger partial charge < -0.3 is 9.84 Å². The van der Waals surface area contributed by atoms with Crippen LogP contribution in [-0.2, 0) is 0 Å². The van der Waals surface area contributed by atoms with Gasteiger partial charge in [-0.1, -0.05) is 15.9 Å². The summed E-state index contributed by atoms with van der Waals surface area (Å²) in [5.74, 6) is 0.745. The van der Waals surface area contributed by atoms with E-state index in [9.17, 15) is 0 Å². The molecule has 2 nitrogen and oxygen atoms in total. The molecule has 0 saturated carbocycles. The average Bonchev–Trinajstić information content (AvgIpc) is 1.99. The van der Waals surface area contributed by atoms with Crippen LogP contribution in [0.5, 0.6) is 5.75 Å². The monoisotopic (exact) mass is 243 g/mol. The van der Waals surface area contributed by atoms with Crippen LogP contribution in [0.4, 0.5) is 0 Å². The van der Waals surface area contributed by atoms with Crippen molar-refractivity contribution in [1.29, 1.82) is 0 Å². The van der Waals surface area contributed by atoms with Gasteiger partial charge in [-0.05, 0) is 37.6 Å². The van der Waals surface area contributed by atoms with Crippen molar-refractivity contribution in [2.75, 3.05) is 6.61 Å². The number of aryl methyl sites for hydroxylation is 1. The first-order chi connectivity index (χ1) is 6.08. The summed E-state index contributed by atoms with van der Waals surface area (Å²) in [6.07, 6.45) is -0.681. The fourth-order valence-electron chi connectivity index (χ4n) is 0.979. The van der Waals surface area contributed by atoms with Crippen LogP contribution < -0.4 is 4.74 Å². The molecule has 0 spiro atoms. The number of halogens is 1. The summed E-state index contributed by atoms with van der Waals surface area (Å²) in [6, 6.07) is 5.76. The van der Waals surface area contributed by atoms with Gasteiger partial charge in [0.2, 0.25) is 0 Å². The first-order valence-electron chi connectivity index (χ1n) is 3.99. The largest absolute Gasteiger partial charge is 0.491 e. The molecule has 1 N–H and O–H groups in total. The Morgan fingerprint density at radius 2 is 2.23 bits per heavy atom. The molecule has 3 heteroatoms. The number of hydrogen-bond donors (Lipinski definition) is 1. The lowest BCUT2D eigenvalue weighted by molar-refractivity contribution is 0.142. The minimum Gasteiger partial charge on any atom is -0.491 e. The van der Waals surface area contributed by atoms with Crippen LogP contribution >= 0.6 is 15.9 Å². The molecule has 0 aliphatic rings. The molecule has 71 valence electrons. The van der Waals surface area contributed by atoms with Crippen molar-refractivity contribution in [3.8, 4) is 5.75 Å². The lowest BCUT2D eigenvalue weighted by Gasteiger charge is -2.08. The highest BCUT2D eigenvalue weighted by Crippen LogP contribution is 2.20. The molecule has 1 aromatic rings. The number of aliphatic hydroxyl groups is 1. The fraction of sp³-hybridized carbons (Fsp3) is 0.300. The third-order valence-corrected chi connectivity index (χ3v) is 1.92. The Kier molecular flexibility index (Phi) is 3.75. The molecule has 1 unspecified atom stereocenters. The minimum atomic E-state index is -0.681. The lowest BCUT2D eigenvalue weighted by atomic mass is 10.2. The SMILES string of the molecule is [CH2]C(O)COc1cc(C)cc(Br)c1. The van der Waals surface area contributed by atoms with Crippen molar-refractivity contribution in [2.45, 2.75) is 13.0 Å². The molecule has 13 heavy (non-hydrogen) atoms. The van der Waals surface area contributed by atoms with Crippen LogP contribution in [0, 0.1) is 13.8 Å². The summed E-state index contributed by atoms with van der Waals surface area (Å²) in [4.78, 5) is 0. The lowest BCUT2D eigenvalue weighted by Crippen LogP contribution is -2.13. The van der Waals surface area contributed by atoms with Crippen LogP contribution in [-0.4, -0.2) is 17.8 Å². The highest BCUT2D eigenvalue weighted by molar-refractivity contribution is 9.10. The first-order valence-corrected chi connectivity index (χ1v) is 4.78. The van der Waals surface area contributed by atoms with Crippen molar-refractivity contribution >= 4 is 15.9 Å². The molecule has 0 aliphatic heterocycles.